The highest BCUT2D eigenvalue weighted by Gasteiger charge is 2.34. The number of rotatable bonds is 6. The first-order chi connectivity index (χ1) is 9.13. The molecule has 106 valence electrons. The van der Waals surface area contributed by atoms with Gasteiger partial charge in [0.15, 0.2) is 4.34 Å². The van der Waals surface area contributed by atoms with Crippen molar-refractivity contribution in [3.8, 4) is 0 Å². The zero-order valence-electron chi connectivity index (χ0n) is 10.6. The van der Waals surface area contributed by atoms with Gasteiger partial charge in [-0.1, -0.05) is 23.1 Å². The van der Waals surface area contributed by atoms with Gasteiger partial charge in [-0.3, -0.25) is 4.79 Å². The molecule has 1 N–H and O–H groups in total. The summed E-state index contributed by atoms with van der Waals surface area (Å²) in [6, 6.07) is 0. The van der Waals surface area contributed by atoms with Crippen LogP contribution in [0.3, 0.4) is 0 Å². The fraction of sp³-hybridized carbons (Fsp3) is 0.700. The molecule has 1 aromatic heterocycles. The first-order valence-electron chi connectivity index (χ1n) is 5.62. The lowest BCUT2D eigenvalue weighted by molar-refractivity contribution is -0.133. The highest BCUT2D eigenvalue weighted by molar-refractivity contribution is 8.01. The van der Waals surface area contributed by atoms with Gasteiger partial charge < -0.3 is 19.5 Å². The standard InChI is InChI=1S/C10H15N3O4S2/c1-16-6-3-13(4-7(6)17-2)9-11-12-10(19-9)18-5-8(14)15/h6-7H,3-5H2,1-2H3,(H,14,15). The number of carbonyl (C=O) groups is 1. The second-order valence-electron chi connectivity index (χ2n) is 3.99. The Hall–Kier alpha value is -0.900. The van der Waals surface area contributed by atoms with Crippen LogP contribution in [0.25, 0.3) is 0 Å². The van der Waals surface area contributed by atoms with Crippen LogP contribution < -0.4 is 4.90 Å². The molecule has 0 spiro atoms. The van der Waals surface area contributed by atoms with E-state index in [2.05, 4.69) is 10.2 Å². The van der Waals surface area contributed by atoms with E-state index >= 15 is 0 Å². The zero-order valence-corrected chi connectivity index (χ0v) is 12.2. The minimum atomic E-state index is -0.859. The summed E-state index contributed by atoms with van der Waals surface area (Å²) in [5.41, 5.74) is 0. The summed E-state index contributed by atoms with van der Waals surface area (Å²) in [6.07, 6.45) is 0.0352. The molecule has 0 saturated carbocycles. The molecule has 19 heavy (non-hydrogen) atoms. The Balaban J connectivity index is 1.97. The average molecular weight is 305 g/mol. The Morgan fingerprint density at radius 1 is 1.42 bits per heavy atom. The topological polar surface area (TPSA) is 84.8 Å². The van der Waals surface area contributed by atoms with Crippen molar-refractivity contribution in [2.45, 2.75) is 16.5 Å². The highest BCUT2D eigenvalue weighted by Crippen LogP contribution is 2.30. The van der Waals surface area contributed by atoms with Gasteiger partial charge in [-0.15, -0.1) is 10.2 Å². The van der Waals surface area contributed by atoms with Crippen LogP contribution in [0.4, 0.5) is 5.13 Å². The van der Waals surface area contributed by atoms with Crippen molar-refractivity contribution in [2.75, 3.05) is 38.0 Å². The number of methoxy groups -OCH3 is 2. The van der Waals surface area contributed by atoms with Gasteiger partial charge >= 0.3 is 5.97 Å². The maximum atomic E-state index is 10.5. The van der Waals surface area contributed by atoms with Crippen molar-refractivity contribution in [1.29, 1.82) is 0 Å². The second kappa shape index (κ2) is 6.51. The van der Waals surface area contributed by atoms with Gasteiger partial charge in [-0.05, 0) is 0 Å². The molecule has 2 rings (SSSR count). The van der Waals surface area contributed by atoms with Crippen molar-refractivity contribution in [2.24, 2.45) is 0 Å². The number of ether oxygens (including phenoxy) is 2. The van der Waals surface area contributed by atoms with E-state index in [1.54, 1.807) is 14.2 Å². The summed E-state index contributed by atoms with van der Waals surface area (Å²) in [7, 11) is 3.32. The van der Waals surface area contributed by atoms with E-state index < -0.39 is 5.97 Å². The smallest absolute Gasteiger partial charge is 0.313 e. The third-order valence-corrected chi connectivity index (χ3v) is 4.91. The lowest BCUT2D eigenvalue weighted by atomic mass is 10.3. The second-order valence-corrected chi connectivity index (χ2v) is 6.16. The lowest BCUT2D eigenvalue weighted by Crippen LogP contribution is -2.27. The van der Waals surface area contributed by atoms with Gasteiger partial charge in [0.2, 0.25) is 5.13 Å². The van der Waals surface area contributed by atoms with Crippen molar-refractivity contribution < 1.29 is 19.4 Å². The first kappa shape index (κ1) is 14.5. The summed E-state index contributed by atoms with van der Waals surface area (Å²) < 4.78 is 11.4. The van der Waals surface area contributed by atoms with Crippen LogP contribution in [0, 0.1) is 0 Å². The number of thioether (sulfide) groups is 1. The Morgan fingerprint density at radius 3 is 2.58 bits per heavy atom. The molecule has 2 atom stereocenters. The number of anilines is 1. The number of carboxylic acids is 1. The number of hydrogen-bond donors (Lipinski definition) is 1. The van der Waals surface area contributed by atoms with Gasteiger partial charge in [0.05, 0.1) is 5.75 Å². The van der Waals surface area contributed by atoms with Crippen molar-refractivity contribution in [3.05, 3.63) is 0 Å². The summed E-state index contributed by atoms with van der Waals surface area (Å²) in [6.45, 7) is 1.40. The lowest BCUT2D eigenvalue weighted by Gasteiger charge is -2.13. The Morgan fingerprint density at radius 2 is 2.05 bits per heavy atom. The van der Waals surface area contributed by atoms with Gasteiger partial charge in [0, 0.05) is 27.3 Å². The number of nitrogens with zero attached hydrogens (tertiary/aromatic N) is 3. The normalized spacial score (nSPS) is 22.9. The number of carboxylic acid groups (broad SMARTS) is 1. The quantitative estimate of drug-likeness (QED) is 0.763. The molecule has 1 aromatic rings. The summed E-state index contributed by atoms with van der Waals surface area (Å²) >= 11 is 2.57. The molecule has 0 radical (unpaired) electrons. The highest BCUT2D eigenvalue weighted by atomic mass is 32.2. The Kier molecular flexibility index (Phi) is 4.97. The van der Waals surface area contributed by atoms with Crippen molar-refractivity contribution >= 4 is 34.2 Å². The van der Waals surface area contributed by atoms with Crippen LogP contribution in [0.5, 0.6) is 0 Å². The molecular weight excluding hydrogens is 290 g/mol. The van der Waals surface area contributed by atoms with Crippen LogP contribution in [0.2, 0.25) is 0 Å². The molecule has 2 unspecified atom stereocenters. The van der Waals surface area contributed by atoms with E-state index in [-0.39, 0.29) is 18.0 Å². The van der Waals surface area contributed by atoms with E-state index in [0.29, 0.717) is 17.4 Å². The van der Waals surface area contributed by atoms with Crippen molar-refractivity contribution in [3.63, 3.8) is 0 Å². The van der Waals surface area contributed by atoms with Crippen molar-refractivity contribution in [1.82, 2.24) is 10.2 Å². The predicted molar refractivity (Wildman–Crippen MR) is 72.1 cm³/mol. The summed E-state index contributed by atoms with van der Waals surface area (Å²) in [5.74, 6) is -0.863. The zero-order chi connectivity index (χ0) is 13.8. The first-order valence-corrected chi connectivity index (χ1v) is 7.43. The van der Waals surface area contributed by atoms with E-state index in [1.165, 1.54) is 23.1 Å². The molecule has 1 aliphatic rings. The molecule has 1 aliphatic heterocycles. The summed E-state index contributed by atoms with van der Waals surface area (Å²) in [5, 5.41) is 17.5. The maximum Gasteiger partial charge on any atom is 0.313 e. The van der Waals surface area contributed by atoms with Crippen LogP contribution in [0.1, 0.15) is 0 Å². The Labute approximate surface area is 118 Å². The van der Waals surface area contributed by atoms with Gasteiger partial charge in [-0.25, -0.2) is 0 Å². The van der Waals surface area contributed by atoms with Crippen LogP contribution in [-0.4, -0.2) is 66.5 Å². The number of aromatic nitrogens is 2. The monoisotopic (exact) mass is 305 g/mol. The van der Waals surface area contributed by atoms with E-state index in [0.717, 1.165) is 5.13 Å². The van der Waals surface area contributed by atoms with E-state index in [9.17, 15) is 4.79 Å². The van der Waals surface area contributed by atoms with Crippen LogP contribution in [0.15, 0.2) is 4.34 Å². The molecule has 0 aliphatic carbocycles. The van der Waals surface area contributed by atoms with Gasteiger partial charge in [0.25, 0.3) is 0 Å². The molecule has 0 aromatic carbocycles. The fourth-order valence-corrected chi connectivity index (χ4v) is 3.44. The van der Waals surface area contributed by atoms with Crippen LogP contribution in [-0.2, 0) is 14.3 Å². The molecule has 1 fully saturated rings. The number of aliphatic carboxylic acids is 1. The van der Waals surface area contributed by atoms with E-state index in [4.69, 9.17) is 14.6 Å². The molecule has 2 heterocycles. The maximum absolute atomic E-state index is 10.5. The molecule has 0 amide bonds. The fourth-order valence-electron chi connectivity index (χ4n) is 1.87. The minimum Gasteiger partial charge on any atom is -0.481 e. The Bertz CT molecular complexity index is 430. The minimum absolute atomic E-state index is 0.00394. The van der Waals surface area contributed by atoms with Gasteiger partial charge in [-0.2, -0.15) is 0 Å². The average Bonchev–Trinajstić information content (AvgIpc) is 3.02. The predicted octanol–water partition coefficient (Wildman–Crippen LogP) is 0.565. The van der Waals surface area contributed by atoms with Crippen LogP contribution >= 0.6 is 23.1 Å². The molecule has 9 heteroatoms. The SMILES string of the molecule is COC1CN(c2nnc(SCC(=O)O)s2)CC1OC. The van der Waals surface area contributed by atoms with E-state index in [1.807, 2.05) is 4.90 Å². The van der Waals surface area contributed by atoms with Gasteiger partial charge in [0.1, 0.15) is 12.2 Å². The molecular formula is C10H15N3O4S2. The molecule has 7 nitrogen and oxygen atoms in total. The third-order valence-electron chi connectivity index (χ3n) is 2.81. The largest absolute Gasteiger partial charge is 0.481 e. The molecule has 1 saturated heterocycles. The molecule has 0 bridgehead atoms. The number of hydrogen-bond acceptors (Lipinski definition) is 8. The third kappa shape index (κ3) is 3.56. The summed E-state index contributed by atoms with van der Waals surface area (Å²) in [4.78, 5) is 12.5.